The average molecular weight is 408 g/mol. The zero-order valence-electron chi connectivity index (χ0n) is 16.1. The minimum absolute atomic E-state index is 0.0356. The Hall–Kier alpha value is -3.15. The van der Waals surface area contributed by atoms with E-state index < -0.39 is 30.0 Å². The van der Waals surface area contributed by atoms with E-state index in [4.69, 9.17) is 16.9 Å². The van der Waals surface area contributed by atoms with E-state index in [2.05, 4.69) is 20.6 Å². The van der Waals surface area contributed by atoms with Gasteiger partial charge in [-0.15, -0.1) is 0 Å². The zero-order valence-corrected chi connectivity index (χ0v) is 16.1. The Kier molecular flexibility index (Phi) is 7.95. The van der Waals surface area contributed by atoms with E-state index >= 15 is 0 Å². The van der Waals surface area contributed by atoms with Crippen molar-refractivity contribution in [1.82, 2.24) is 25.5 Å². The number of aliphatic carboxylic acids is 1. The number of hydrogen-bond donors (Lipinski definition) is 7. The summed E-state index contributed by atoms with van der Waals surface area (Å²) in [6.45, 7) is 0.821. The Bertz CT molecular complexity index is 723. The molecule has 0 unspecified atom stereocenters. The number of rotatable bonds is 10. The summed E-state index contributed by atoms with van der Waals surface area (Å²) < 4.78 is 0. The molecule has 1 aliphatic rings. The van der Waals surface area contributed by atoms with Crippen LogP contribution in [0.4, 0.5) is 0 Å². The van der Waals surface area contributed by atoms with Gasteiger partial charge in [0.2, 0.25) is 11.8 Å². The molecule has 9 N–H and O–H groups in total. The van der Waals surface area contributed by atoms with E-state index in [1.54, 1.807) is 6.20 Å². The van der Waals surface area contributed by atoms with Crippen LogP contribution in [0.25, 0.3) is 0 Å². The van der Waals surface area contributed by atoms with Crippen LogP contribution in [0.1, 0.15) is 31.4 Å². The van der Waals surface area contributed by atoms with Crippen molar-refractivity contribution in [2.45, 2.75) is 50.2 Å². The van der Waals surface area contributed by atoms with E-state index in [0.717, 1.165) is 0 Å². The number of nitrogens with zero attached hydrogens (tertiary/aromatic N) is 2. The minimum atomic E-state index is -1.17. The van der Waals surface area contributed by atoms with Crippen LogP contribution in [-0.2, 0) is 20.8 Å². The van der Waals surface area contributed by atoms with Crippen LogP contribution in [0.3, 0.4) is 0 Å². The summed E-state index contributed by atoms with van der Waals surface area (Å²) in [5.41, 5.74) is 11.7. The molecule has 12 nitrogen and oxygen atoms in total. The van der Waals surface area contributed by atoms with Crippen molar-refractivity contribution in [1.29, 1.82) is 5.41 Å². The minimum Gasteiger partial charge on any atom is -0.480 e. The van der Waals surface area contributed by atoms with E-state index in [0.29, 0.717) is 44.5 Å². The van der Waals surface area contributed by atoms with Gasteiger partial charge in [0, 0.05) is 25.7 Å². The molecule has 3 atom stereocenters. The highest BCUT2D eigenvalue weighted by molar-refractivity contribution is 5.92. The second-order valence-electron chi connectivity index (χ2n) is 6.94. The highest BCUT2D eigenvalue weighted by Crippen LogP contribution is 2.19. The number of carbonyl (C=O) groups is 3. The maximum atomic E-state index is 12.7. The Morgan fingerprint density at radius 1 is 1.45 bits per heavy atom. The third-order valence-corrected chi connectivity index (χ3v) is 4.75. The molecular weight excluding hydrogens is 380 g/mol. The molecule has 1 aromatic rings. The van der Waals surface area contributed by atoms with Crippen molar-refractivity contribution in [3.8, 4) is 0 Å². The van der Waals surface area contributed by atoms with Crippen molar-refractivity contribution in [2.75, 3.05) is 13.1 Å². The van der Waals surface area contributed by atoms with E-state index in [-0.39, 0.29) is 18.3 Å². The van der Waals surface area contributed by atoms with Gasteiger partial charge in [0.15, 0.2) is 5.96 Å². The molecule has 0 aromatic carbocycles. The molecule has 0 saturated carbocycles. The molecule has 0 aliphatic carbocycles. The molecule has 2 rings (SSSR count). The van der Waals surface area contributed by atoms with E-state index in [1.807, 2.05) is 0 Å². The van der Waals surface area contributed by atoms with Crippen molar-refractivity contribution in [3.63, 3.8) is 0 Å². The molecule has 1 saturated heterocycles. The second kappa shape index (κ2) is 10.4. The Morgan fingerprint density at radius 3 is 2.83 bits per heavy atom. The zero-order chi connectivity index (χ0) is 21.4. The first kappa shape index (κ1) is 22.1. The average Bonchev–Trinajstić information content (AvgIpc) is 3.35. The number of carbonyl (C=O) groups excluding carboxylic acids is 2. The predicted octanol–water partition coefficient (Wildman–Crippen LogP) is -1.90. The van der Waals surface area contributed by atoms with Crippen LogP contribution in [0.2, 0.25) is 0 Å². The normalized spacial score (nSPS) is 18.1. The lowest BCUT2D eigenvalue weighted by Crippen LogP contribution is -2.54. The molecule has 1 aliphatic heterocycles. The standard InChI is InChI=1S/C17H28N8O4/c18-11(3-1-5-22-17(19)20)15(27)25-6-2-4-13(25)14(26)24-12(16(28)29)7-10-8-21-9-23-10/h8-9,11-13H,1-7,18H2,(H,21,23)(H,24,26)(H,28,29)(H4,19,20,22)/t11-,12-,13-/m0/s1. The van der Waals surface area contributed by atoms with Crippen molar-refractivity contribution in [2.24, 2.45) is 11.5 Å². The monoisotopic (exact) mass is 408 g/mol. The largest absolute Gasteiger partial charge is 0.480 e. The first-order valence-electron chi connectivity index (χ1n) is 9.44. The van der Waals surface area contributed by atoms with Crippen LogP contribution in [-0.4, -0.2) is 74.9 Å². The Morgan fingerprint density at radius 2 is 2.21 bits per heavy atom. The summed E-state index contributed by atoms with van der Waals surface area (Å²) in [5, 5.41) is 21.6. The molecule has 2 heterocycles. The summed E-state index contributed by atoms with van der Waals surface area (Å²) >= 11 is 0. The molecule has 1 aromatic heterocycles. The fourth-order valence-corrected chi connectivity index (χ4v) is 3.26. The number of hydrogen-bond acceptors (Lipinski definition) is 6. The molecular formula is C17H28N8O4. The summed E-state index contributed by atoms with van der Waals surface area (Å²) in [6, 6.07) is -2.67. The van der Waals surface area contributed by atoms with Gasteiger partial charge < -0.3 is 37.1 Å². The Balaban J connectivity index is 1.92. The number of carboxylic acids is 1. The van der Waals surface area contributed by atoms with Crippen molar-refractivity contribution >= 4 is 23.7 Å². The maximum absolute atomic E-state index is 12.7. The quantitative estimate of drug-likeness (QED) is 0.132. The molecule has 0 spiro atoms. The molecule has 0 bridgehead atoms. The first-order chi connectivity index (χ1) is 13.8. The molecule has 160 valence electrons. The van der Waals surface area contributed by atoms with E-state index in [1.165, 1.54) is 11.2 Å². The predicted molar refractivity (Wildman–Crippen MR) is 104 cm³/mol. The fourth-order valence-electron chi connectivity index (χ4n) is 3.26. The third kappa shape index (κ3) is 6.45. The number of likely N-dealkylation sites (tertiary alicyclic amines) is 1. The number of guanidine groups is 1. The highest BCUT2D eigenvalue weighted by atomic mass is 16.4. The van der Waals surface area contributed by atoms with Crippen LogP contribution in [0.15, 0.2) is 12.5 Å². The van der Waals surface area contributed by atoms with Gasteiger partial charge in [-0.25, -0.2) is 9.78 Å². The van der Waals surface area contributed by atoms with Gasteiger partial charge >= 0.3 is 5.97 Å². The lowest BCUT2D eigenvalue weighted by atomic mass is 10.1. The highest BCUT2D eigenvalue weighted by Gasteiger charge is 2.37. The van der Waals surface area contributed by atoms with Gasteiger partial charge in [-0.1, -0.05) is 0 Å². The molecule has 0 radical (unpaired) electrons. The van der Waals surface area contributed by atoms with Gasteiger partial charge in [0.05, 0.1) is 18.1 Å². The summed E-state index contributed by atoms with van der Waals surface area (Å²) in [5.74, 6) is -2.18. The molecule has 29 heavy (non-hydrogen) atoms. The number of amides is 2. The summed E-state index contributed by atoms with van der Waals surface area (Å²) in [7, 11) is 0. The van der Waals surface area contributed by atoms with Crippen LogP contribution < -0.4 is 22.1 Å². The van der Waals surface area contributed by atoms with Gasteiger partial charge in [-0.2, -0.15) is 0 Å². The van der Waals surface area contributed by atoms with Crippen molar-refractivity contribution < 1.29 is 19.5 Å². The van der Waals surface area contributed by atoms with Crippen LogP contribution in [0.5, 0.6) is 0 Å². The van der Waals surface area contributed by atoms with Crippen LogP contribution >= 0.6 is 0 Å². The summed E-state index contributed by atoms with van der Waals surface area (Å²) in [4.78, 5) is 45.0. The lowest BCUT2D eigenvalue weighted by molar-refractivity contribution is -0.144. The SMILES string of the molecule is N=C(N)NCCC[C@H](N)C(=O)N1CCC[C@H]1C(=O)N[C@@H](Cc1c[nH]cn1)C(=O)O. The smallest absolute Gasteiger partial charge is 0.326 e. The number of carboxylic acid groups (broad SMARTS) is 1. The Labute approximate surface area is 167 Å². The van der Waals surface area contributed by atoms with E-state index in [9.17, 15) is 19.5 Å². The number of nitrogens with one attached hydrogen (secondary N) is 4. The molecule has 2 amide bonds. The maximum Gasteiger partial charge on any atom is 0.326 e. The number of aromatic amines is 1. The lowest BCUT2D eigenvalue weighted by Gasteiger charge is -2.27. The van der Waals surface area contributed by atoms with Gasteiger partial charge in [-0.05, 0) is 25.7 Å². The number of aromatic nitrogens is 2. The molecule has 12 heteroatoms. The van der Waals surface area contributed by atoms with Gasteiger partial charge in [-0.3, -0.25) is 15.0 Å². The third-order valence-electron chi connectivity index (χ3n) is 4.75. The van der Waals surface area contributed by atoms with Gasteiger partial charge in [0.25, 0.3) is 0 Å². The summed E-state index contributed by atoms with van der Waals surface area (Å²) in [6.07, 6.45) is 5.04. The first-order valence-corrected chi connectivity index (χ1v) is 9.44. The molecule has 1 fully saturated rings. The fraction of sp³-hybridized carbons (Fsp3) is 0.588. The topological polar surface area (TPSA) is 203 Å². The van der Waals surface area contributed by atoms with Crippen LogP contribution in [0, 0.1) is 5.41 Å². The second-order valence-corrected chi connectivity index (χ2v) is 6.94. The van der Waals surface area contributed by atoms with Crippen molar-refractivity contribution in [3.05, 3.63) is 18.2 Å². The number of imidazole rings is 1. The van der Waals surface area contributed by atoms with Gasteiger partial charge in [0.1, 0.15) is 12.1 Å². The number of nitrogens with two attached hydrogens (primary N) is 2. The number of H-pyrrole nitrogens is 1.